The van der Waals surface area contributed by atoms with Crippen molar-refractivity contribution in [2.45, 2.75) is 49.3 Å². The van der Waals surface area contributed by atoms with Crippen LogP contribution in [0.1, 0.15) is 55.7 Å². The number of carboxylic acids is 1. The first-order chi connectivity index (χ1) is 14.7. The van der Waals surface area contributed by atoms with Gasteiger partial charge in [0.25, 0.3) is 0 Å². The molecule has 1 aliphatic rings. The van der Waals surface area contributed by atoms with E-state index in [1.54, 1.807) is 0 Å². The van der Waals surface area contributed by atoms with Gasteiger partial charge in [-0.05, 0) is 55.9 Å². The molecule has 3 aromatic rings. The molecule has 0 amide bonds. The third kappa shape index (κ3) is 4.73. The quantitative estimate of drug-likeness (QED) is 0.365. The van der Waals surface area contributed by atoms with Crippen molar-refractivity contribution >= 4 is 35.1 Å². The molecule has 0 bridgehead atoms. The smallest absolute Gasteiger partial charge is 0.303 e. The van der Waals surface area contributed by atoms with Crippen LogP contribution in [0.4, 0.5) is 3.89 Å². The van der Waals surface area contributed by atoms with E-state index in [1.165, 1.54) is 0 Å². The molecule has 1 saturated carbocycles. The number of pyridine rings is 1. The average Bonchev–Trinajstić information content (AvgIpc) is 3.60. The second kappa shape index (κ2) is 9.43. The van der Waals surface area contributed by atoms with Crippen molar-refractivity contribution in [3.63, 3.8) is 0 Å². The predicted octanol–water partition coefficient (Wildman–Crippen LogP) is 7.41. The van der Waals surface area contributed by atoms with E-state index in [4.69, 9.17) is 10.1 Å². The molecule has 1 fully saturated rings. The predicted molar refractivity (Wildman–Crippen MR) is 121 cm³/mol. The van der Waals surface area contributed by atoms with Crippen molar-refractivity contribution in [3.05, 3.63) is 65.9 Å². The highest BCUT2D eigenvalue weighted by atomic mass is 32.2. The summed E-state index contributed by atoms with van der Waals surface area (Å²) in [6.45, 7) is 0. The highest BCUT2D eigenvalue weighted by molar-refractivity contribution is 7.94. The molecule has 1 N–H and O–H groups in total. The average molecular weight is 422 g/mol. The Morgan fingerprint density at radius 1 is 1.13 bits per heavy atom. The van der Waals surface area contributed by atoms with Gasteiger partial charge in [0.2, 0.25) is 0 Å². The summed E-state index contributed by atoms with van der Waals surface area (Å²) in [6, 6.07) is 15.8. The van der Waals surface area contributed by atoms with Crippen molar-refractivity contribution in [2.75, 3.05) is 0 Å². The summed E-state index contributed by atoms with van der Waals surface area (Å²) in [5, 5.41) is 9.89. The van der Waals surface area contributed by atoms with Gasteiger partial charge in [0.1, 0.15) is 0 Å². The van der Waals surface area contributed by atoms with Gasteiger partial charge in [-0.1, -0.05) is 42.5 Å². The van der Waals surface area contributed by atoms with Crippen LogP contribution in [-0.2, 0) is 4.79 Å². The van der Waals surface area contributed by atoms with Crippen molar-refractivity contribution in [1.29, 1.82) is 0 Å². The number of rotatable bonds is 9. The molecule has 0 aliphatic heterocycles. The van der Waals surface area contributed by atoms with E-state index in [2.05, 4.69) is 24.3 Å². The van der Waals surface area contributed by atoms with E-state index < -0.39 is 5.97 Å². The van der Waals surface area contributed by atoms with Crippen LogP contribution in [0.2, 0.25) is 0 Å². The molecule has 0 unspecified atom stereocenters. The lowest BCUT2D eigenvalue weighted by molar-refractivity contribution is -0.137. The fraction of sp³-hybridized carbons (Fsp3) is 0.280. The van der Waals surface area contributed by atoms with Crippen LogP contribution in [0.15, 0.2) is 59.5 Å². The van der Waals surface area contributed by atoms with Gasteiger partial charge in [0, 0.05) is 33.7 Å². The van der Waals surface area contributed by atoms with E-state index >= 15 is 0 Å². The summed E-state index contributed by atoms with van der Waals surface area (Å²) in [5.74, 6) is -0.258. The zero-order valence-electron chi connectivity index (χ0n) is 16.7. The number of hydrogen-bond acceptors (Lipinski definition) is 3. The second-order valence-electron chi connectivity index (χ2n) is 7.72. The van der Waals surface area contributed by atoms with Crippen molar-refractivity contribution < 1.29 is 13.8 Å². The molecule has 0 spiro atoms. The Morgan fingerprint density at radius 2 is 1.90 bits per heavy atom. The van der Waals surface area contributed by atoms with Gasteiger partial charge in [-0.15, -0.1) is 0 Å². The Bertz CT molecular complexity index is 1070. The molecule has 4 rings (SSSR count). The third-order valence-corrected chi connectivity index (χ3v) is 5.90. The lowest BCUT2D eigenvalue weighted by atomic mass is 9.92. The van der Waals surface area contributed by atoms with Crippen molar-refractivity contribution in [2.24, 2.45) is 0 Å². The number of nitrogens with zero attached hydrogens (tertiary/aromatic N) is 1. The third-order valence-electron chi connectivity index (χ3n) is 5.45. The minimum atomic E-state index is -0.745. The maximum atomic E-state index is 12.9. The molecule has 154 valence electrons. The zero-order chi connectivity index (χ0) is 20.9. The number of carbonyl (C=O) groups is 1. The molecule has 0 saturated heterocycles. The fourth-order valence-electron chi connectivity index (χ4n) is 3.81. The summed E-state index contributed by atoms with van der Waals surface area (Å²) in [7, 11) is 0. The van der Waals surface area contributed by atoms with E-state index in [0.717, 1.165) is 59.0 Å². The van der Waals surface area contributed by atoms with E-state index in [1.807, 2.05) is 36.4 Å². The van der Waals surface area contributed by atoms with Crippen LogP contribution >= 0.6 is 12.1 Å². The largest absolute Gasteiger partial charge is 0.481 e. The van der Waals surface area contributed by atoms with Gasteiger partial charge in [-0.3, -0.25) is 9.78 Å². The van der Waals surface area contributed by atoms with Crippen molar-refractivity contribution in [3.8, 4) is 11.1 Å². The number of allylic oxidation sites excluding steroid dienone is 1. The molecule has 5 heteroatoms. The number of unbranched alkanes of at least 4 members (excludes halogenated alkanes) is 2. The highest BCUT2D eigenvalue weighted by Crippen LogP contribution is 2.45. The molecule has 0 atom stereocenters. The van der Waals surface area contributed by atoms with Crippen LogP contribution in [0, 0.1) is 0 Å². The number of aliphatic carboxylic acids is 1. The second-order valence-corrected chi connectivity index (χ2v) is 8.35. The molecule has 1 aromatic heterocycles. The maximum absolute atomic E-state index is 12.9. The Kier molecular flexibility index (Phi) is 6.48. The van der Waals surface area contributed by atoms with Gasteiger partial charge < -0.3 is 5.11 Å². The first-order valence-corrected chi connectivity index (χ1v) is 11.1. The van der Waals surface area contributed by atoms with Gasteiger partial charge in [0.05, 0.1) is 23.4 Å². The summed E-state index contributed by atoms with van der Waals surface area (Å²) in [4.78, 5) is 16.3. The summed E-state index contributed by atoms with van der Waals surface area (Å²) >= 11 is 0.254. The number of halogens is 1. The molecule has 2 aromatic carbocycles. The van der Waals surface area contributed by atoms with Gasteiger partial charge >= 0.3 is 5.97 Å². The number of benzene rings is 2. The Hall–Kier alpha value is -2.66. The van der Waals surface area contributed by atoms with Crippen LogP contribution in [-0.4, -0.2) is 16.1 Å². The molecule has 0 radical (unpaired) electrons. The first kappa shape index (κ1) is 20.6. The molecule has 3 nitrogen and oxygen atoms in total. The molecule has 1 heterocycles. The fourth-order valence-corrected chi connectivity index (χ4v) is 4.04. The normalized spacial score (nSPS) is 13.9. The van der Waals surface area contributed by atoms with Crippen LogP contribution in [0.3, 0.4) is 0 Å². The number of aromatic nitrogens is 1. The monoisotopic (exact) mass is 421 g/mol. The highest BCUT2D eigenvalue weighted by Gasteiger charge is 2.29. The van der Waals surface area contributed by atoms with Gasteiger partial charge in [0.15, 0.2) is 0 Å². The molecule has 30 heavy (non-hydrogen) atoms. The van der Waals surface area contributed by atoms with Gasteiger partial charge in [-0.2, -0.15) is 3.89 Å². The lowest BCUT2D eigenvalue weighted by Gasteiger charge is -2.15. The summed E-state index contributed by atoms with van der Waals surface area (Å²) in [6.07, 6.45) is 9.17. The number of hydrogen-bond donors (Lipinski definition) is 1. The van der Waals surface area contributed by atoms with Crippen LogP contribution < -0.4 is 0 Å². The van der Waals surface area contributed by atoms with Crippen LogP contribution in [0.25, 0.3) is 28.1 Å². The number of fused-ring (bicyclic) bond motifs is 1. The van der Waals surface area contributed by atoms with Crippen LogP contribution in [0.5, 0.6) is 0 Å². The standard InChI is InChI=1S/C25H24FNO2S/c26-30-19-15-13-17(14-16-19)24-20-7-5-6-9-22(20)27-25(18-11-12-18)21(24)8-3-1-2-4-10-23(28)29/h3,5-9,13-16,18H,1-2,4,10-12H2,(H,28,29)/b8-3+. The summed E-state index contributed by atoms with van der Waals surface area (Å²) in [5.41, 5.74) is 5.44. The minimum Gasteiger partial charge on any atom is -0.481 e. The molecular formula is C25H24FNO2S. The molecule has 1 aliphatic carbocycles. The van der Waals surface area contributed by atoms with E-state index in [-0.39, 0.29) is 18.6 Å². The minimum absolute atomic E-state index is 0.211. The zero-order valence-corrected chi connectivity index (χ0v) is 17.5. The number of carboxylic acid groups (broad SMARTS) is 1. The summed E-state index contributed by atoms with van der Waals surface area (Å²) < 4.78 is 12.9. The Labute approximate surface area is 180 Å². The molecular weight excluding hydrogens is 397 g/mol. The van der Waals surface area contributed by atoms with Crippen molar-refractivity contribution in [1.82, 2.24) is 4.98 Å². The Morgan fingerprint density at radius 3 is 2.60 bits per heavy atom. The lowest BCUT2D eigenvalue weighted by Crippen LogP contribution is -1.98. The van der Waals surface area contributed by atoms with Gasteiger partial charge in [-0.25, -0.2) is 0 Å². The topological polar surface area (TPSA) is 50.2 Å². The van der Waals surface area contributed by atoms with E-state index in [9.17, 15) is 8.68 Å². The van der Waals surface area contributed by atoms with E-state index in [0.29, 0.717) is 17.2 Å². The maximum Gasteiger partial charge on any atom is 0.303 e. The first-order valence-electron chi connectivity index (χ1n) is 10.4. The Balaban J connectivity index is 1.75. The number of para-hydroxylation sites is 1. The SMILES string of the molecule is O=C(O)CCCC/C=C/c1c(C2CC2)nc2ccccc2c1-c1ccc(SF)cc1.